The fourth-order valence-electron chi connectivity index (χ4n) is 5.31. The Hall–Kier alpha value is -5.33. The van der Waals surface area contributed by atoms with Crippen molar-refractivity contribution >= 4 is 17.4 Å². The SMILES string of the molecule is Cn1nc(-c2ccc(F)cc2)c(-c2ccc3nc(NC(=O)c4ccncc4C4CNCCO4)cn3n2)c1-c1ccncc1. The summed E-state index contributed by atoms with van der Waals surface area (Å²) in [6.07, 6.45) is 8.08. The Kier molecular flexibility index (Phi) is 6.89. The minimum Gasteiger partial charge on any atom is -0.371 e. The van der Waals surface area contributed by atoms with Crippen molar-refractivity contribution in [2.24, 2.45) is 7.05 Å². The van der Waals surface area contributed by atoms with Crippen LogP contribution in [0, 0.1) is 5.82 Å². The van der Waals surface area contributed by atoms with Crippen LogP contribution in [0.1, 0.15) is 22.0 Å². The monoisotopic (exact) mass is 575 g/mol. The predicted octanol–water partition coefficient (Wildman–Crippen LogP) is 4.31. The van der Waals surface area contributed by atoms with Gasteiger partial charge in [0.05, 0.1) is 35.9 Å². The topological polar surface area (TPSA) is 124 Å². The van der Waals surface area contributed by atoms with Gasteiger partial charge in [-0.25, -0.2) is 13.9 Å². The minimum absolute atomic E-state index is 0.266. The molecule has 1 aliphatic heterocycles. The van der Waals surface area contributed by atoms with Crippen molar-refractivity contribution < 1.29 is 13.9 Å². The van der Waals surface area contributed by atoms with E-state index in [1.54, 1.807) is 58.4 Å². The molecule has 1 atom stereocenters. The Morgan fingerprint density at radius 1 is 1.00 bits per heavy atom. The van der Waals surface area contributed by atoms with Gasteiger partial charge in [-0.2, -0.15) is 10.2 Å². The van der Waals surface area contributed by atoms with Gasteiger partial charge in [0.1, 0.15) is 11.5 Å². The van der Waals surface area contributed by atoms with E-state index in [-0.39, 0.29) is 17.8 Å². The Morgan fingerprint density at radius 3 is 2.60 bits per heavy atom. The summed E-state index contributed by atoms with van der Waals surface area (Å²) in [6, 6.07) is 15.4. The number of anilines is 1. The van der Waals surface area contributed by atoms with Crippen LogP contribution in [0.5, 0.6) is 0 Å². The van der Waals surface area contributed by atoms with Gasteiger partial charge in [0.15, 0.2) is 11.5 Å². The summed E-state index contributed by atoms with van der Waals surface area (Å²) < 4.78 is 23.0. The van der Waals surface area contributed by atoms with Crippen LogP contribution in [0.3, 0.4) is 0 Å². The van der Waals surface area contributed by atoms with Gasteiger partial charge < -0.3 is 15.4 Å². The molecule has 1 unspecified atom stereocenters. The molecule has 43 heavy (non-hydrogen) atoms. The Morgan fingerprint density at radius 2 is 1.81 bits per heavy atom. The molecule has 1 fully saturated rings. The zero-order chi connectivity index (χ0) is 29.3. The summed E-state index contributed by atoms with van der Waals surface area (Å²) in [5.74, 6) is -0.301. The normalized spacial score (nSPS) is 15.1. The van der Waals surface area contributed by atoms with Crippen LogP contribution >= 0.6 is 0 Å². The number of rotatable bonds is 6. The molecule has 6 heterocycles. The molecule has 0 saturated carbocycles. The Bertz CT molecular complexity index is 1930. The number of aromatic nitrogens is 7. The molecule has 0 bridgehead atoms. The molecule has 1 aromatic carbocycles. The number of carbonyl (C=O) groups is 1. The first-order valence-electron chi connectivity index (χ1n) is 13.7. The number of pyridine rings is 2. The molecule has 1 aliphatic rings. The maximum atomic E-state index is 13.8. The molecule has 2 N–H and O–H groups in total. The van der Waals surface area contributed by atoms with Gasteiger partial charge in [0.2, 0.25) is 0 Å². The maximum Gasteiger partial charge on any atom is 0.257 e. The highest BCUT2D eigenvalue weighted by molar-refractivity contribution is 6.05. The molecular weight excluding hydrogens is 549 g/mol. The second kappa shape index (κ2) is 11.2. The van der Waals surface area contributed by atoms with E-state index in [2.05, 4.69) is 25.6 Å². The highest BCUT2D eigenvalue weighted by atomic mass is 19.1. The molecule has 1 amide bonds. The van der Waals surface area contributed by atoms with Crippen LogP contribution < -0.4 is 10.6 Å². The first kappa shape index (κ1) is 26.6. The van der Waals surface area contributed by atoms with Gasteiger partial charge in [-0.3, -0.25) is 19.4 Å². The number of nitrogens with zero attached hydrogens (tertiary/aromatic N) is 7. The molecule has 7 rings (SSSR count). The van der Waals surface area contributed by atoms with Crippen molar-refractivity contribution in [3.05, 3.63) is 103 Å². The lowest BCUT2D eigenvalue weighted by Gasteiger charge is -2.25. The summed E-state index contributed by atoms with van der Waals surface area (Å²) in [6.45, 7) is 1.93. The lowest BCUT2D eigenvalue weighted by molar-refractivity contribution is 0.0269. The molecule has 0 radical (unpaired) electrons. The summed E-state index contributed by atoms with van der Waals surface area (Å²) in [5, 5.41) is 15.8. The molecular formula is C31H26FN9O2. The molecule has 0 spiro atoms. The number of morpholine rings is 1. The van der Waals surface area contributed by atoms with Crippen LogP contribution in [0.15, 0.2) is 85.6 Å². The van der Waals surface area contributed by atoms with Crippen LogP contribution in [0.4, 0.5) is 10.2 Å². The molecule has 12 heteroatoms. The lowest BCUT2D eigenvalue weighted by Crippen LogP contribution is -2.34. The van der Waals surface area contributed by atoms with E-state index in [0.717, 1.165) is 28.9 Å². The van der Waals surface area contributed by atoms with E-state index in [1.807, 2.05) is 31.3 Å². The molecule has 214 valence electrons. The van der Waals surface area contributed by atoms with Crippen molar-refractivity contribution in [1.82, 2.24) is 39.7 Å². The first-order valence-corrected chi connectivity index (χ1v) is 13.7. The van der Waals surface area contributed by atoms with E-state index < -0.39 is 0 Å². The fourth-order valence-corrected chi connectivity index (χ4v) is 5.31. The number of halogens is 1. The van der Waals surface area contributed by atoms with Gasteiger partial charge in [0.25, 0.3) is 5.91 Å². The van der Waals surface area contributed by atoms with Crippen molar-refractivity contribution in [2.75, 3.05) is 25.0 Å². The summed E-state index contributed by atoms with van der Waals surface area (Å²) in [5.41, 5.74) is 6.25. The molecule has 5 aromatic heterocycles. The van der Waals surface area contributed by atoms with Crippen molar-refractivity contribution in [1.29, 1.82) is 0 Å². The fraction of sp³-hybridized carbons (Fsp3) is 0.161. The van der Waals surface area contributed by atoms with Crippen LogP contribution in [-0.4, -0.2) is 60.0 Å². The van der Waals surface area contributed by atoms with Crippen LogP contribution in [-0.2, 0) is 11.8 Å². The first-order chi connectivity index (χ1) is 21.0. The van der Waals surface area contributed by atoms with Gasteiger partial charge in [-0.15, -0.1) is 0 Å². The standard InChI is InChI=1S/C31H26FN9O2/c1-40-30(20-8-11-33-12-9-20)28(29(39-40)19-2-4-21(32)5-3-19)24-6-7-27-36-26(18-41(27)38-24)37-31(42)22-10-13-34-16-23(22)25-17-35-14-15-43-25/h2-13,16,18,25,35H,14-15,17H2,1H3,(H,37,42). The van der Waals surface area contributed by atoms with Gasteiger partial charge in [-0.1, -0.05) is 0 Å². The Labute approximate surface area is 245 Å². The number of nitrogens with one attached hydrogen (secondary N) is 2. The second-order valence-electron chi connectivity index (χ2n) is 10.1. The highest BCUT2D eigenvalue weighted by Crippen LogP contribution is 2.38. The second-order valence-corrected chi connectivity index (χ2v) is 10.1. The van der Waals surface area contributed by atoms with Crippen LogP contribution in [0.25, 0.3) is 39.4 Å². The highest BCUT2D eigenvalue weighted by Gasteiger charge is 2.24. The van der Waals surface area contributed by atoms with E-state index in [0.29, 0.717) is 47.1 Å². The number of benzene rings is 1. The van der Waals surface area contributed by atoms with E-state index >= 15 is 0 Å². The third kappa shape index (κ3) is 5.13. The molecule has 6 aromatic rings. The summed E-state index contributed by atoms with van der Waals surface area (Å²) >= 11 is 0. The van der Waals surface area contributed by atoms with Gasteiger partial charge in [0, 0.05) is 67.2 Å². The molecule has 11 nitrogen and oxygen atoms in total. The average Bonchev–Trinajstić information content (AvgIpc) is 3.61. The maximum absolute atomic E-state index is 13.8. The number of hydrogen-bond acceptors (Lipinski definition) is 8. The average molecular weight is 576 g/mol. The number of aryl methyl sites for hydroxylation is 1. The number of fused-ring (bicyclic) bond motifs is 1. The number of imidazole rings is 1. The zero-order valence-corrected chi connectivity index (χ0v) is 23.1. The minimum atomic E-state index is -0.329. The van der Waals surface area contributed by atoms with E-state index in [1.165, 1.54) is 12.1 Å². The van der Waals surface area contributed by atoms with Crippen molar-refractivity contribution in [2.45, 2.75) is 6.10 Å². The third-order valence-corrected chi connectivity index (χ3v) is 7.31. The van der Waals surface area contributed by atoms with Crippen molar-refractivity contribution in [3.63, 3.8) is 0 Å². The molecule has 0 aliphatic carbocycles. The third-order valence-electron chi connectivity index (χ3n) is 7.31. The predicted molar refractivity (Wildman–Crippen MR) is 158 cm³/mol. The largest absolute Gasteiger partial charge is 0.371 e. The number of amides is 1. The van der Waals surface area contributed by atoms with E-state index in [9.17, 15) is 9.18 Å². The Balaban J connectivity index is 1.26. The number of hydrogen-bond donors (Lipinski definition) is 2. The van der Waals surface area contributed by atoms with Crippen molar-refractivity contribution in [3.8, 4) is 33.8 Å². The lowest BCUT2D eigenvalue weighted by atomic mass is 9.99. The van der Waals surface area contributed by atoms with Gasteiger partial charge in [-0.05, 0) is 54.6 Å². The smallest absolute Gasteiger partial charge is 0.257 e. The van der Waals surface area contributed by atoms with E-state index in [4.69, 9.17) is 14.9 Å². The quantitative estimate of drug-likeness (QED) is 0.301. The molecule has 1 saturated heterocycles. The summed E-state index contributed by atoms with van der Waals surface area (Å²) in [4.78, 5) is 26.3. The van der Waals surface area contributed by atoms with Gasteiger partial charge >= 0.3 is 0 Å². The summed E-state index contributed by atoms with van der Waals surface area (Å²) in [7, 11) is 1.86. The van der Waals surface area contributed by atoms with Crippen LogP contribution in [0.2, 0.25) is 0 Å². The number of carbonyl (C=O) groups excluding carboxylic acids is 1. The number of ether oxygens (including phenoxy) is 1. The zero-order valence-electron chi connectivity index (χ0n) is 23.1.